The number of nitrogens with zero attached hydrogens (tertiary/aromatic N) is 1. The first kappa shape index (κ1) is 13.7. The topological polar surface area (TPSA) is 81.9 Å². The number of amides is 2. The highest BCUT2D eigenvalue weighted by Gasteiger charge is 2.44. The Kier molecular flexibility index (Phi) is 3.04. The van der Waals surface area contributed by atoms with Crippen molar-refractivity contribution in [3.63, 3.8) is 0 Å². The maximum atomic E-state index is 12.3. The Morgan fingerprint density at radius 1 is 1.19 bits per heavy atom. The molecule has 2 heterocycles. The van der Waals surface area contributed by atoms with Crippen molar-refractivity contribution in [1.29, 1.82) is 0 Å². The number of nitrogens with two attached hydrogens (primary N) is 1. The van der Waals surface area contributed by atoms with Crippen molar-refractivity contribution in [3.05, 3.63) is 17.7 Å². The van der Waals surface area contributed by atoms with E-state index in [1.807, 2.05) is 0 Å². The largest absolute Gasteiger partial charge is 0.486 e. The van der Waals surface area contributed by atoms with Crippen LogP contribution in [-0.2, 0) is 16.1 Å². The number of rotatable bonds is 2. The first-order valence-electron chi connectivity index (χ1n) is 6.91. The summed E-state index contributed by atoms with van der Waals surface area (Å²) in [5, 5.41) is 0. The Balaban J connectivity index is 1.88. The molecule has 0 spiro atoms. The van der Waals surface area contributed by atoms with Gasteiger partial charge >= 0.3 is 0 Å². The molecule has 6 nitrogen and oxygen atoms in total. The molecule has 1 fully saturated rings. The summed E-state index contributed by atoms with van der Waals surface area (Å²) in [5.74, 6) is 0.867. The molecule has 0 aliphatic carbocycles. The van der Waals surface area contributed by atoms with E-state index in [2.05, 4.69) is 0 Å². The minimum absolute atomic E-state index is 0.165. The Morgan fingerprint density at radius 3 is 2.38 bits per heavy atom. The van der Waals surface area contributed by atoms with Gasteiger partial charge in [-0.05, 0) is 11.6 Å². The lowest BCUT2D eigenvalue weighted by Gasteiger charge is -2.22. The Bertz CT molecular complexity index is 624. The van der Waals surface area contributed by atoms with Crippen molar-refractivity contribution >= 4 is 17.5 Å². The standard InChI is InChI=1S/C15H18N2O4/c1-15(2)7-13(18)17(14(15)19)8-9-5-11-12(6-10(9)16)21-4-3-20-11/h5-6H,3-4,7-8,16H2,1-2H3. The second-order valence-corrected chi connectivity index (χ2v) is 6.04. The maximum absolute atomic E-state index is 12.3. The van der Waals surface area contributed by atoms with Gasteiger partial charge in [-0.2, -0.15) is 0 Å². The minimum Gasteiger partial charge on any atom is -0.486 e. The van der Waals surface area contributed by atoms with Crippen LogP contribution in [0.2, 0.25) is 0 Å². The number of hydrogen-bond acceptors (Lipinski definition) is 5. The summed E-state index contributed by atoms with van der Waals surface area (Å²) < 4.78 is 11.0. The van der Waals surface area contributed by atoms with Crippen molar-refractivity contribution < 1.29 is 19.1 Å². The Morgan fingerprint density at radius 2 is 1.81 bits per heavy atom. The van der Waals surface area contributed by atoms with E-state index in [1.54, 1.807) is 26.0 Å². The van der Waals surface area contributed by atoms with Crippen LogP contribution < -0.4 is 15.2 Å². The summed E-state index contributed by atoms with van der Waals surface area (Å²) in [5.41, 5.74) is 6.54. The molecule has 1 aromatic carbocycles. The minimum atomic E-state index is -0.639. The first-order valence-corrected chi connectivity index (χ1v) is 6.91. The van der Waals surface area contributed by atoms with E-state index in [9.17, 15) is 9.59 Å². The summed E-state index contributed by atoms with van der Waals surface area (Å²) in [7, 11) is 0. The van der Waals surface area contributed by atoms with Crippen LogP contribution >= 0.6 is 0 Å². The van der Waals surface area contributed by atoms with Crippen LogP contribution in [0.5, 0.6) is 11.5 Å². The fraction of sp³-hybridized carbons (Fsp3) is 0.467. The third-order valence-electron chi connectivity index (χ3n) is 3.85. The Hall–Kier alpha value is -2.24. The molecular formula is C15H18N2O4. The molecule has 0 bridgehead atoms. The molecule has 3 rings (SSSR count). The van der Waals surface area contributed by atoms with Gasteiger partial charge in [0.15, 0.2) is 11.5 Å². The number of carbonyl (C=O) groups excluding carboxylic acids is 2. The van der Waals surface area contributed by atoms with Crippen molar-refractivity contribution in [1.82, 2.24) is 4.90 Å². The fourth-order valence-electron chi connectivity index (χ4n) is 2.64. The lowest BCUT2D eigenvalue weighted by Crippen LogP contribution is -2.32. The van der Waals surface area contributed by atoms with Gasteiger partial charge in [0.25, 0.3) is 0 Å². The zero-order valence-electron chi connectivity index (χ0n) is 12.1. The molecule has 2 aliphatic rings. The van der Waals surface area contributed by atoms with Crippen LogP contribution in [0, 0.1) is 5.41 Å². The smallest absolute Gasteiger partial charge is 0.235 e. The van der Waals surface area contributed by atoms with Crippen LogP contribution in [-0.4, -0.2) is 29.9 Å². The van der Waals surface area contributed by atoms with Gasteiger partial charge in [-0.3, -0.25) is 14.5 Å². The SMILES string of the molecule is CC1(C)CC(=O)N(Cc2cc3c(cc2N)OCCO3)C1=O. The number of nitrogen functional groups attached to an aromatic ring is 1. The van der Waals surface area contributed by atoms with Crippen LogP contribution in [0.4, 0.5) is 5.69 Å². The molecule has 2 N–H and O–H groups in total. The maximum Gasteiger partial charge on any atom is 0.235 e. The monoisotopic (exact) mass is 290 g/mol. The number of likely N-dealkylation sites (tertiary alicyclic amines) is 1. The van der Waals surface area contributed by atoms with Gasteiger partial charge in [0.1, 0.15) is 13.2 Å². The summed E-state index contributed by atoms with van der Waals surface area (Å²) in [6, 6.07) is 3.43. The van der Waals surface area contributed by atoms with Crippen LogP contribution in [0.3, 0.4) is 0 Å². The number of carbonyl (C=O) groups is 2. The third kappa shape index (κ3) is 2.30. The highest BCUT2D eigenvalue weighted by atomic mass is 16.6. The summed E-state index contributed by atoms with van der Waals surface area (Å²) >= 11 is 0. The number of fused-ring (bicyclic) bond motifs is 1. The second kappa shape index (κ2) is 4.65. The van der Waals surface area contributed by atoms with Gasteiger partial charge in [-0.15, -0.1) is 0 Å². The number of anilines is 1. The molecule has 2 aliphatic heterocycles. The predicted molar refractivity (Wildman–Crippen MR) is 75.8 cm³/mol. The predicted octanol–water partition coefficient (Wildman–Crippen LogP) is 1.33. The van der Waals surface area contributed by atoms with E-state index in [-0.39, 0.29) is 24.8 Å². The molecule has 1 aromatic rings. The molecule has 0 saturated carbocycles. The molecule has 0 aromatic heterocycles. The molecule has 0 atom stereocenters. The van der Waals surface area contributed by atoms with E-state index in [4.69, 9.17) is 15.2 Å². The number of ether oxygens (including phenoxy) is 2. The van der Waals surface area contributed by atoms with Gasteiger partial charge in [0.05, 0.1) is 12.0 Å². The van der Waals surface area contributed by atoms with Gasteiger partial charge in [-0.1, -0.05) is 13.8 Å². The van der Waals surface area contributed by atoms with E-state index in [0.29, 0.717) is 36.0 Å². The lowest BCUT2D eigenvalue weighted by molar-refractivity contribution is -0.141. The summed E-state index contributed by atoms with van der Waals surface area (Å²) in [6.07, 6.45) is 0.232. The molecule has 6 heteroatoms. The van der Waals surface area contributed by atoms with Gasteiger partial charge in [0, 0.05) is 18.2 Å². The van der Waals surface area contributed by atoms with E-state index in [0.717, 1.165) is 0 Å². The van der Waals surface area contributed by atoms with Crippen molar-refractivity contribution in [2.45, 2.75) is 26.8 Å². The second-order valence-electron chi connectivity index (χ2n) is 6.04. The molecule has 112 valence electrons. The average molecular weight is 290 g/mol. The zero-order valence-corrected chi connectivity index (χ0v) is 12.1. The van der Waals surface area contributed by atoms with Gasteiger partial charge < -0.3 is 15.2 Å². The third-order valence-corrected chi connectivity index (χ3v) is 3.85. The molecule has 1 saturated heterocycles. The number of benzene rings is 1. The molecular weight excluding hydrogens is 272 g/mol. The number of imide groups is 1. The zero-order chi connectivity index (χ0) is 15.2. The fourth-order valence-corrected chi connectivity index (χ4v) is 2.64. The first-order chi connectivity index (χ1) is 9.88. The van der Waals surface area contributed by atoms with Crippen LogP contribution in [0.1, 0.15) is 25.8 Å². The van der Waals surface area contributed by atoms with E-state index < -0.39 is 5.41 Å². The van der Waals surface area contributed by atoms with Gasteiger partial charge in [0.2, 0.25) is 11.8 Å². The van der Waals surface area contributed by atoms with Gasteiger partial charge in [-0.25, -0.2) is 0 Å². The van der Waals surface area contributed by atoms with Crippen molar-refractivity contribution in [2.75, 3.05) is 18.9 Å². The molecule has 0 radical (unpaired) electrons. The highest BCUT2D eigenvalue weighted by molar-refractivity contribution is 6.05. The lowest BCUT2D eigenvalue weighted by atomic mass is 9.92. The number of hydrogen-bond donors (Lipinski definition) is 1. The van der Waals surface area contributed by atoms with Crippen molar-refractivity contribution in [2.24, 2.45) is 5.41 Å². The molecule has 21 heavy (non-hydrogen) atoms. The van der Waals surface area contributed by atoms with Crippen molar-refractivity contribution in [3.8, 4) is 11.5 Å². The molecule has 2 amide bonds. The normalized spacial score (nSPS) is 20.0. The average Bonchev–Trinajstić information content (AvgIpc) is 2.61. The Labute approximate surface area is 122 Å². The van der Waals surface area contributed by atoms with Crippen LogP contribution in [0.15, 0.2) is 12.1 Å². The summed E-state index contributed by atoms with van der Waals surface area (Å²) in [6.45, 7) is 4.69. The highest BCUT2D eigenvalue weighted by Crippen LogP contribution is 2.37. The van der Waals surface area contributed by atoms with E-state index >= 15 is 0 Å². The quantitative estimate of drug-likeness (QED) is 0.656. The molecule has 0 unspecified atom stereocenters. The van der Waals surface area contributed by atoms with Crippen LogP contribution in [0.25, 0.3) is 0 Å². The van der Waals surface area contributed by atoms with E-state index in [1.165, 1.54) is 4.90 Å². The summed E-state index contributed by atoms with van der Waals surface area (Å²) in [4.78, 5) is 25.5.